The maximum absolute atomic E-state index is 6.33. The molecule has 0 radical (unpaired) electrons. The summed E-state index contributed by atoms with van der Waals surface area (Å²) in [4.78, 5) is 11.1. The molecular weight excluding hydrogens is 421 g/mol. The van der Waals surface area contributed by atoms with Crippen molar-refractivity contribution in [2.45, 2.75) is 24.8 Å². The van der Waals surface area contributed by atoms with E-state index < -0.39 is 0 Å². The van der Waals surface area contributed by atoms with Crippen LogP contribution in [0, 0.1) is 0 Å². The van der Waals surface area contributed by atoms with Crippen LogP contribution in [0.15, 0.2) is 73.6 Å². The molecule has 1 aromatic rings. The van der Waals surface area contributed by atoms with Gasteiger partial charge in [-0.15, -0.1) is 5.11 Å². The number of allylic oxidation sites excluding steroid dienone is 4. The SMILES string of the molecule is CN(C)CC1=CCC(c2cnc(N)c(C(N=NN)=NC3CC=CC(Cl)=C3Cl)c2)C=C1. The summed E-state index contributed by atoms with van der Waals surface area (Å²) in [6, 6.07) is 1.56. The molecule has 0 spiro atoms. The van der Waals surface area contributed by atoms with Crippen LogP contribution in [0.1, 0.15) is 29.9 Å². The van der Waals surface area contributed by atoms with E-state index in [1.54, 1.807) is 12.3 Å². The van der Waals surface area contributed by atoms with Gasteiger partial charge in [-0.3, -0.25) is 4.99 Å². The lowest BCUT2D eigenvalue weighted by Crippen LogP contribution is -2.16. The van der Waals surface area contributed by atoms with Gasteiger partial charge in [0.1, 0.15) is 5.82 Å². The minimum absolute atomic E-state index is 0.189. The minimum Gasteiger partial charge on any atom is -0.383 e. The molecule has 0 aromatic carbocycles. The van der Waals surface area contributed by atoms with Crippen LogP contribution in [0.3, 0.4) is 0 Å². The maximum atomic E-state index is 6.33. The Hall–Kier alpha value is -2.48. The minimum atomic E-state index is -0.376. The zero-order valence-electron chi connectivity index (χ0n) is 17.0. The number of rotatable bonds is 5. The molecule has 0 saturated heterocycles. The van der Waals surface area contributed by atoms with E-state index in [9.17, 15) is 0 Å². The predicted octanol–water partition coefficient (Wildman–Crippen LogP) is 4.29. The second-order valence-electron chi connectivity index (χ2n) is 7.44. The third-order valence-corrected chi connectivity index (χ3v) is 5.74. The van der Waals surface area contributed by atoms with Crippen molar-refractivity contribution in [3.05, 3.63) is 69.4 Å². The highest BCUT2D eigenvalue weighted by molar-refractivity contribution is 6.40. The summed E-state index contributed by atoms with van der Waals surface area (Å²) in [6.45, 7) is 0.912. The summed E-state index contributed by atoms with van der Waals surface area (Å²) in [5.41, 5.74) is 9.01. The van der Waals surface area contributed by atoms with Crippen LogP contribution < -0.4 is 11.6 Å². The lowest BCUT2D eigenvalue weighted by atomic mass is 9.90. The molecule has 2 aliphatic carbocycles. The zero-order valence-corrected chi connectivity index (χ0v) is 18.5. The first-order valence-corrected chi connectivity index (χ1v) is 10.3. The van der Waals surface area contributed by atoms with Crippen LogP contribution in [0.4, 0.5) is 5.82 Å². The molecule has 30 heavy (non-hydrogen) atoms. The van der Waals surface area contributed by atoms with Gasteiger partial charge in [0, 0.05) is 18.7 Å². The monoisotopic (exact) mass is 445 g/mol. The number of pyridine rings is 1. The summed E-state index contributed by atoms with van der Waals surface area (Å²) in [6.07, 6.45) is 13.5. The number of anilines is 1. The van der Waals surface area contributed by atoms with Gasteiger partial charge in [-0.2, -0.15) is 0 Å². The summed E-state index contributed by atoms with van der Waals surface area (Å²) in [5.74, 6) is 6.09. The first kappa shape index (κ1) is 22.2. The van der Waals surface area contributed by atoms with Crippen molar-refractivity contribution >= 4 is 34.9 Å². The molecule has 4 N–H and O–H groups in total. The van der Waals surface area contributed by atoms with Crippen molar-refractivity contribution in [3.63, 3.8) is 0 Å². The Morgan fingerprint density at radius 1 is 1.27 bits per heavy atom. The second-order valence-corrected chi connectivity index (χ2v) is 8.25. The average Bonchev–Trinajstić information content (AvgIpc) is 2.71. The number of nitrogens with two attached hydrogens (primary N) is 2. The number of nitrogen functional groups attached to an aromatic ring is 1. The van der Waals surface area contributed by atoms with E-state index in [2.05, 4.69) is 57.5 Å². The lowest BCUT2D eigenvalue weighted by molar-refractivity contribution is 0.447. The van der Waals surface area contributed by atoms with Gasteiger partial charge in [-0.1, -0.05) is 52.7 Å². The maximum Gasteiger partial charge on any atom is 0.183 e. The van der Waals surface area contributed by atoms with Gasteiger partial charge >= 0.3 is 0 Å². The van der Waals surface area contributed by atoms with Crippen molar-refractivity contribution < 1.29 is 0 Å². The molecule has 0 fully saturated rings. The molecule has 2 atom stereocenters. The van der Waals surface area contributed by atoms with Crippen LogP contribution in [-0.2, 0) is 0 Å². The topological polar surface area (TPSA) is 105 Å². The molecule has 3 rings (SSSR count). The van der Waals surface area contributed by atoms with E-state index in [-0.39, 0.29) is 17.8 Å². The molecule has 0 amide bonds. The summed E-state index contributed by atoms with van der Waals surface area (Å²) >= 11 is 12.5. The number of hydrogen-bond acceptors (Lipinski definition) is 5. The number of halogens is 2. The largest absolute Gasteiger partial charge is 0.383 e. The Morgan fingerprint density at radius 2 is 2.07 bits per heavy atom. The molecule has 1 aromatic heterocycles. The fourth-order valence-electron chi connectivity index (χ4n) is 3.37. The van der Waals surface area contributed by atoms with Gasteiger partial charge in [0.2, 0.25) is 0 Å². The van der Waals surface area contributed by atoms with Gasteiger partial charge in [0.15, 0.2) is 5.84 Å². The highest BCUT2D eigenvalue weighted by atomic mass is 35.5. The predicted molar refractivity (Wildman–Crippen MR) is 124 cm³/mol. The number of aliphatic imine (C=N–C) groups is 1. The van der Waals surface area contributed by atoms with Gasteiger partial charge in [0.05, 0.1) is 21.7 Å². The van der Waals surface area contributed by atoms with Crippen LogP contribution in [-0.4, -0.2) is 42.4 Å². The summed E-state index contributed by atoms with van der Waals surface area (Å²) < 4.78 is 0. The Balaban J connectivity index is 1.90. The van der Waals surface area contributed by atoms with Crippen LogP contribution >= 0.6 is 23.2 Å². The zero-order chi connectivity index (χ0) is 21.7. The van der Waals surface area contributed by atoms with Crippen LogP contribution in [0.25, 0.3) is 0 Å². The van der Waals surface area contributed by atoms with Gasteiger partial charge < -0.3 is 16.5 Å². The van der Waals surface area contributed by atoms with E-state index in [4.69, 9.17) is 34.8 Å². The van der Waals surface area contributed by atoms with E-state index in [1.165, 1.54) is 5.57 Å². The lowest BCUT2D eigenvalue weighted by Gasteiger charge is -2.20. The fraction of sp³-hybridized carbons (Fsp3) is 0.333. The molecule has 2 unspecified atom stereocenters. The number of nitrogens with zero attached hydrogens (tertiary/aromatic N) is 5. The van der Waals surface area contributed by atoms with Crippen molar-refractivity contribution in [2.75, 3.05) is 26.4 Å². The Bertz CT molecular complexity index is 974. The molecule has 1 heterocycles. The van der Waals surface area contributed by atoms with Crippen molar-refractivity contribution in [1.82, 2.24) is 9.88 Å². The van der Waals surface area contributed by atoms with E-state index in [1.807, 2.05) is 12.1 Å². The molecule has 0 aliphatic heterocycles. The Kier molecular flexibility index (Phi) is 7.42. The number of aromatic nitrogens is 1. The molecule has 2 aliphatic rings. The quantitative estimate of drug-likeness (QED) is 0.231. The summed E-state index contributed by atoms with van der Waals surface area (Å²) in [5, 5.41) is 8.30. The van der Waals surface area contributed by atoms with Crippen molar-refractivity contribution in [2.24, 2.45) is 21.2 Å². The van der Waals surface area contributed by atoms with Gasteiger partial charge in [0.25, 0.3) is 0 Å². The third-order valence-electron chi connectivity index (χ3n) is 4.86. The summed E-state index contributed by atoms with van der Waals surface area (Å²) in [7, 11) is 4.11. The normalized spacial score (nSPS) is 22.3. The van der Waals surface area contributed by atoms with Gasteiger partial charge in [-0.05, 0) is 50.2 Å². The average molecular weight is 446 g/mol. The van der Waals surface area contributed by atoms with Crippen LogP contribution in [0.5, 0.6) is 0 Å². The van der Waals surface area contributed by atoms with Crippen molar-refractivity contribution in [3.8, 4) is 0 Å². The second kappa shape index (κ2) is 10.0. The fourth-order valence-corrected chi connectivity index (χ4v) is 3.79. The van der Waals surface area contributed by atoms with E-state index in [0.29, 0.717) is 27.9 Å². The highest BCUT2D eigenvalue weighted by Crippen LogP contribution is 2.31. The van der Waals surface area contributed by atoms with Gasteiger partial charge in [-0.25, -0.2) is 4.98 Å². The van der Waals surface area contributed by atoms with E-state index in [0.717, 1.165) is 18.5 Å². The number of hydrogen-bond donors (Lipinski definition) is 2. The van der Waals surface area contributed by atoms with Crippen molar-refractivity contribution in [1.29, 1.82) is 0 Å². The molecule has 0 saturated carbocycles. The number of likely N-dealkylation sites (N-methyl/N-ethyl adjacent to an activating group) is 1. The standard InChI is InChI=1S/C21H25Cl2N7/c1-30(2)12-13-6-8-14(9-7-13)15-10-16(20(24)26-11-15)21(28-29-25)27-18-5-3-4-17(22)19(18)23/h3-4,6-8,10-11,14,18H,5,9,12H2,1-2H3,(H2,24,26)(H2,25,27,28). The first-order chi connectivity index (χ1) is 14.4. The third kappa shape index (κ3) is 5.36. The molecular formula is C21H25Cl2N7. The molecule has 7 nitrogen and oxygen atoms in total. The molecule has 9 heteroatoms. The molecule has 0 bridgehead atoms. The smallest absolute Gasteiger partial charge is 0.183 e. The number of amidine groups is 1. The molecule has 158 valence electrons. The Labute approximate surface area is 186 Å². The first-order valence-electron chi connectivity index (χ1n) is 9.57. The van der Waals surface area contributed by atoms with E-state index >= 15 is 0 Å². The highest BCUT2D eigenvalue weighted by Gasteiger charge is 2.21. The Morgan fingerprint density at radius 3 is 2.73 bits per heavy atom. The van der Waals surface area contributed by atoms with Crippen LogP contribution in [0.2, 0.25) is 0 Å².